The molecule has 0 bridgehead atoms. The predicted octanol–water partition coefficient (Wildman–Crippen LogP) is 1.70. The van der Waals surface area contributed by atoms with E-state index in [4.69, 9.17) is 0 Å². The third kappa shape index (κ3) is 0.996. The van der Waals surface area contributed by atoms with E-state index >= 15 is 0 Å². The SMILES string of the molecule is [Ge][c]1cc2ccccc2s1. The van der Waals surface area contributed by atoms with Gasteiger partial charge in [0.25, 0.3) is 0 Å². The Labute approximate surface area is 72.1 Å². The molecule has 2 rings (SSSR count). The summed E-state index contributed by atoms with van der Waals surface area (Å²) in [6, 6.07) is 10.7. The molecule has 0 fully saturated rings. The van der Waals surface area contributed by atoms with Crippen molar-refractivity contribution in [3.63, 3.8) is 0 Å². The molecule has 47 valence electrons. The molecule has 0 saturated heterocycles. The Kier molecular flexibility index (Phi) is 1.54. The molecule has 1 aromatic heterocycles. The number of benzene rings is 1. The molecule has 0 unspecified atom stereocenters. The van der Waals surface area contributed by atoms with Crippen LogP contribution in [0.2, 0.25) is 0 Å². The maximum atomic E-state index is 2.22. The van der Waals surface area contributed by atoms with Gasteiger partial charge in [-0.25, -0.2) is 0 Å². The van der Waals surface area contributed by atoms with E-state index < -0.39 is 0 Å². The van der Waals surface area contributed by atoms with Gasteiger partial charge in [-0.2, -0.15) is 0 Å². The number of fused-ring (bicyclic) bond motifs is 1. The van der Waals surface area contributed by atoms with Gasteiger partial charge in [0.05, 0.1) is 0 Å². The summed E-state index contributed by atoms with van der Waals surface area (Å²) < 4.78 is 2.78. The summed E-state index contributed by atoms with van der Waals surface area (Å²) in [5.41, 5.74) is 0. The molecule has 10 heavy (non-hydrogen) atoms. The fraction of sp³-hybridized carbons (Fsp3) is 0. The van der Waals surface area contributed by atoms with Gasteiger partial charge >= 0.3 is 72.0 Å². The first-order valence-corrected chi connectivity index (χ1v) is 4.93. The molecule has 1 heterocycles. The molecule has 0 aliphatic rings. The predicted molar refractivity (Wildman–Crippen MR) is 47.2 cm³/mol. The first-order chi connectivity index (χ1) is 4.86. The van der Waals surface area contributed by atoms with Gasteiger partial charge in [-0.05, 0) is 0 Å². The Morgan fingerprint density at radius 2 is 2.00 bits per heavy atom. The van der Waals surface area contributed by atoms with Crippen molar-refractivity contribution < 1.29 is 0 Å². The molecular formula is C8H5GeS. The van der Waals surface area contributed by atoms with Crippen LogP contribution in [0.3, 0.4) is 0 Å². The number of rotatable bonds is 0. The van der Waals surface area contributed by atoms with Crippen molar-refractivity contribution in [3.8, 4) is 0 Å². The van der Waals surface area contributed by atoms with Crippen LogP contribution in [0.5, 0.6) is 0 Å². The Morgan fingerprint density at radius 1 is 1.20 bits per heavy atom. The monoisotopic (exact) mass is 207 g/mol. The second-order valence-corrected chi connectivity index (χ2v) is 5.12. The summed E-state index contributed by atoms with van der Waals surface area (Å²) in [4.78, 5) is 0. The average molecular weight is 206 g/mol. The molecule has 0 spiro atoms. The van der Waals surface area contributed by atoms with E-state index in [-0.39, 0.29) is 0 Å². The summed E-state index contributed by atoms with van der Waals surface area (Å²) in [7, 11) is 0. The first kappa shape index (κ1) is 6.43. The Balaban J connectivity index is 2.88. The standard InChI is InChI=1S/C8H5GeS/c9-8-5-6-3-1-2-4-7(6)10-8/h1-5H. The molecular weight excluding hydrogens is 201 g/mol. The van der Waals surface area contributed by atoms with Crippen LogP contribution >= 0.6 is 11.3 Å². The van der Waals surface area contributed by atoms with Crippen molar-refractivity contribution in [1.29, 1.82) is 0 Å². The summed E-state index contributed by atoms with van der Waals surface area (Å²) in [6.07, 6.45) is 0. The van der Waals surface area contributed by atoms with Gasteiger partial charge in [0.15, 0.2) is 0 Å². The minimum absolute atomic E-state index is 1.37. The first-order valence-electron chi connectivity index (χ1n) is 3.06. The van der Waals surface area contributed by atoms with Crippen LogP contribution in [0.1, 0.15) is 0 Å². The van der Waals surface area contributed by atoms with Crippen LogP contribution in [0.4, 0.5) is 0 Å². The van der Waals surface area contributed by atoms with Crippen molar-refractivity contribution in [3.05, 3.63) is 30.3 Å². The van der Waals surface area contributed by atoms with Crippen LogP contribution in [0.15, 0.2) is 30.3 Å². The average Bonchev–Trinajstić information content (AvgIpc) is 2.27. The zero-order valence-corrected chi connectivity index (χ0v) is 8.21. The van der Waals surface area contributed by atoms with E-state index in [0.717, 1.165) is 0 Å². The van der Waals surface area contributed by atoms with Crippen molar-refractivity contribution in [1.82, 2.24) is 0 Å². The maximum absolute atomic E-state index is 2.22. The molecule has 0 amide bonds. The molecule has 0 saturated carbocycles. The minimum atomic E-state index is 1.37. The van der Waals surface area contributed by atoms with E-state index in [2.05, 4.69) is 46.8 Å². The summed E-state index contributed by atoms with van der Waals surface area (Å²) in [6.45, 7) is 0. The van der Waals surface area contributed by atoms with Crippen LogP contribution in [-0.4, -0.2) is 16.5 Å². The van der Waals surface area contributed by atoms with Crippen LogP contribution in [-0.2, 0) is 0 Å². The molecule has 0 nitrogen and oxygen atoms in total. The van der Waals surface area contributed by atoms with E-state index in [1.165, 1.54) is 13.8 Å². The third-order valence-electron chi connectivity index (χ3n) is 1.43. The molecule has 0 atom stereocenters. The van der Waals surface area contributed by atoms with Gasteiger partial charge in [-0.3, -0.25) is 0 Å². The van der Waals surface area contributed by atoms with E-state index in [9.17, 15) is 0 Å². The zero-order chi connectivity index (χ0) is 6.97. The van der Waals surface area contributed by atoms with Crippen LogP contribution in [0, 0.1) is 0 Å². The summed E-state index contributed by atoms with van der Waals surface area (Å²) in [5, 5.41) is 1.37. The van der Waals surface area contributed by atoms with Crippen molar-refractivity contribution >= 4 is 41.6 Å². The zero-order valence-electron chi connectivity index (χ0n) is 5.29. The Hall–Kier alpha value is -0.277. The van der Waals surface area contributed by atoms with Gasteiger partial charge < -0.3 is 0 Å². The number of hydrogen-bond acceptors (Lipinski definition) is 1. The number of thiophene rings is 1. The molecule has 2 aromatic rings. The molecule has 1 aromatic carbocycles. The van der Waals surface area contributed by atoms with Crippen molar-refractivity contribution in [2.24, 2.45) is 0 Å². The van der Waals surface area contributed by atoms with Gasteiger partial charge in [-0.1, -0.05) is 0 Å². The second-order valence-electron chi connectivity index (χ2n) is 2.15. The second kappa shape index (κ2) is 2.40. The third-order valence-corrected chi connectivity index (χ3v) is 3.30. The van der Waals surface area contributed by atoms with Crippen molar-refractivity contribution in [2.45, 2.75) is 0 Å². The van der Waals surface area contributed by atoms with Gasteiger partial charge in [0, 0.05) is 0 Å². The van der Waals surface area contributed by atoms with E-state index in [1.54, 1.807) is 0 Å². The Bertz CT molecular complexity index is 318. The topological polar surface area (TPSA) is 0 Å². The van der Waals surface area contributed by atoms with E-state index in [0.29, 0.717) is 0 Å². The van der Waals surface area contributed by atoms with Crippen molar-refractivity contribution in [2.75, 3.05) is 0 Å². The van der Waals surface area contributed by atoms with Crippen LogP contribution < -0.4 is 3.71 Å². The molecule has 3 radical (unpaired) electrons. The van der Waals surface area contributed by atoms with Crippen LogP contribution in [0.25, 0.3) is 10.1 Å². The van der Waals surface area contributed by atoms with E-state index in [1.807, 2.05) is 11.3 Å². The quantitative estimate of drug-likeness (QED) is 0.575. The van der Waals surface area contributed by atoms with Gasteiger partial charge in [0.2, 0.25) is 0 Å². The fourth-order valence-corrected chi connectivity index (χ4v) is 2.81. The van der Waals surface area contributed by atoms with Gasteiger partial charge in [0.1, 0.15) is 0 Å². The normalized spacial score (nSPS) is 10.5. The Morgan fingerprint density at radius 3 is 2.80 bits per heavy atom. The molecule has 0 aliphatic heterocycles. The summed E-state index contributed by atoms with van der Waals surface area (Å²) >= 11 is 4.00. The molecule has 0 aliphatic carbocycles. The molecule has 2 heteroatoms. The number of hydrogen-bond donors (Lipinski definition) is 0. The van der Waals surface area contributed by atoms with Gasteiger partial charge in [-0.15, -0.1) is 0 Å². The summed E-state index contributed by atoms with van der Waals surface area (Å²) in [5.74, 6) is 0. The fourth-order valence-electron chi connectivity index (χ4n) is 0.982. The molecule has 0 N–H and O–H groups in total.